The van der Waals surface area contributed by atoms with Crippen LogP contribution in [0.25, 0.3) is 0 Å². The minimum atomic E-state index is 0.108. The molecule has 0 aromatic carbocycles. The lowest BCUT2D eigenvalue weighted by molar-refractivity contribution is -0.121. The second-order valence-electron chi connectivity index (χ2n) is 3.28. The summed E-state index contributed by atoms with van der Waals surface area (Å²) in [4.78, 5) is 13.2. The summed E-state index contributed by atoms with van der Waals surface area (Å²) in [7, 11) is 3.69. The van der Waals surface area contributed by atoms with Crippen molar-refractivity contribution in [3.05, 3.63) is 12.3 Å². The molecule has 0 radical (unpaired) electrons. The molecule has 0 bridgehead atoms. The number of hydrogen-bond acceptors (Lipinski definition) is 2. The number of nitrogens with one attached hydrogen (secondary N) is 1. The van der Waals surface area contributed by atoms with E-state index in [-0.39, 0.29) is 5.91 Å². The van der Waals surface area contributed by atoms with Gasteiger partial charge in [0.25, 0.3) is 0 Å². The molecular formula is C9H16N2O. The molecule has 1 atom stereocenters. The van der Waals surface area contributed by atoms with Crippen LogP contribution in [0.2, 0.25) is 0 Å². The summed E-state index contributed by atoms with van der Waals surface area (Å²) in [6.07, 6.45) is 1.64. The minimum Gasteiger partial charge on any atom is -0.378 e. The van der Waals surface area contributed by atoms with E-state index in [2.05, 4.69) is 16.8 Å². The highest BCUT2D eigenvalue weighted by Gasteiger charge is 2.24. The Labute approximate surface area is 73.4 Å². The van der Waals surface area contributed by atoms with Gasteiger partial charge < -0.3 is 10.2 Å². The van der Waals surface area contributed by atoms with Crippen molar-refractivity contribution in [2.24, 2.45) is 5.92 Å². The van der Waals surface area contributed by atoms with Crippen molar-refractivity contribution in [2.45, 2.75) is 12.8 Å². The molecule has 0 spiro atoms. The average Bonchev–Trinajstić information content (AvgIpc) is 2.36. The molecule has 68 valence electrons. The van der Waals surface area contributed by atoms with Crippen LogP contribution in [-0.2, 0) is 4.79 Å². The van der Waals surface area contributed by atoms with Gasteiger partial charge in [-0.05, 0) is 6.42 Å². The maximum absolute atomic E-state index is 11.0. The number of nitrogens with zero attached hydrogens (tertiary/aromatic N) is 1. The Balaban J connectivity index is 2.44. The van der Waals surface area contributed by atoms with E-state index >= 15 is 0 Å². The molecule has 0 aliphatic carbocycles. The molecule has 1 aliphatic heterocycles. The Bertz CT molecular complexity index is 201. The number of likely N-dealkylation sites (tertiary alicyclic amines) is 1. The van der Waals surface area contributed by atoms with Gasteiger partial charge in [0.1, 0.15) is 0 Å². The minimum absolute atomic E-state index is 0.108. The van der Waals surface area contributed by atoms with Gasteiger partial charge in [0.15, 0.2) is 0 Å². The van der Waals surface area contributed by atoms with Crippen LogP contribution >= 0.6 is 0 Å². The van der Waals surface area contributed by atoms with E-state index in [4.69, 9.17) is 0 Å². The van der Waals surface area contributed by atoms with Crippen LogP contribution in [0.1, 0.15) is 12.8 Å². The molecule has 3 heteroatoms. The van der Waals surface area contributed by atoms with Crippen molar-refractivity contribution >= 4 is 5.91 Å². The summed E-state index contributed by atoms with van der Waals surface area (Å²) in [5.74, 6) is 0.464. The van der Waals surface area contributed by atoms with Crippen molar-refractivity contribution in [1.29, 1.82) is 0 Å². The second kappa shape index (κ2) is 3.61. The fourth-order valence-electron chi connectivity index (χ4n) is 1.52. The van der Waals surface area contributed by atoms with Crippen LogP contribution in [0.5, 0.6) is 0 Å². The lowest BCUT2D eigenvalue weighted by atomic mass is 10.0. The van der Waals surface area contributed by atoms with Gasteiger partial charge >= 0.3 is 0 Å². The lowest BCUT2D eigenvalue weighted by Gasteiger charge is -2.14. The van der Waals surface area contributed by atoms with Gasteiger partial charge in [0, 0.05) is 38.7 Å². The molecule has 1 heterocycles. The van der Waals surface area contributed by atoms with E-state index in [0.29, 0.717) is 12.3 Å². The van der Waals surface area contributed by atoms with Gasteiger partial charge in [-0.25, -0.2) is 0 Å². The zero-order valence-corrected chi connectivity index (χ0v) is 7.76. The van der Waals surface area contributed by atoms with Crippen molar-refractivity contribution in [1.82, 2.24) is 10.2 Å². The number of amides is 1. The van der Waals surface area contributed by atoms with Gasteiger partial charge in [-0.1, -0.05) is 6.58 Å². The number of carbonyl (C=O) groups excluding carboxylic acids is 1. The van der Waals surface area contributed by atoms with E-state index in [1.54, 1.807) is 7.05 Å². The number of carbonyl (C=O) groups is 1. The average molecular weight is 168 g/mol. The summed E-state index contributed by atoms with van der Waals surface area (Å²) < 4.78 is 0. The predicted molar refractivity (Wildman–Crippen MR) is 48.6 cm³/mol. The molecule has 3 nitrogen and oxygen atoms in total. The van der Waals surface area contributed by atoms with Crippen molar-refractivity contribution in [3.63, 3.8) is 0 Å². The Morgan fingerprint density at radius 1 is 1.83 bits per heavy atom. The maximum atomic E-state index is 11.0. The molecule has 1 rings (SSSR count). The highest BCUT2D eigenvalue weighted by Crippen LogP contribution is 2.27. The second-order valence-corrected chi connectivity index (χ2v) is 3.28. The standard InChI is InChI=1S/C9H16N2O/c1-7-8(4-5-11(7)3)6-9(12)10-2/h8H,1,4-6H2,2-3H3,(H,10,12). The van der Waals surface area contributed by atoms with Gasteiger partial charge in [0.2, 0.25) is 5.91 Å². The van der Waals surface area contributed by atoms with E-state index in [1.165, 1.54) is 0 Å². The monoisotopic (exact) mass is 168 g/mol. The largest absolute Gasteiger partial charge is 0.378 e. The fourth-order valence-corrected chi connectivity index (χ4v) is 1.52. The first kappa shape index (κ1) is 9.10. The van der Waals surface area contributed by atoms with E-state index in [1.807, 2.05) is 7.05 Å². The summed E-state index contributed by atoms with van der Waals surface area (Å²) in [6, 6.07) is 0. The Kier molecular flexibility index (Phi) is 2.74. The molecule has 1 fully saturated rings. The van der Waals surface area contributed by atoms with Gasteiger partial charge in [-0.3, -0.25) is 4.79 Å². The molecule has 1 saturated heterocycles. The molecule has 1 N–H and O–H groups in total. The van der Waals surface area contributed by atoms with E-state index in [0.717, 1.165) is 18.7 Å². The number of hydrogen-bond donors (Lipinski definition) is 1. The third-order valence-electron chi connectivity index (χ3n) is 2.49. The normalized spacial score (nSPS) is 23.0. The summed E-state index contributed by atoms with van der Waals surface area (Å²) in [6.45, 7) is 4.98. The van der Waals surface area contributed by atoms with Crippen LogP contribution in [0.3, 0.4) is 0 Å². The Morgan fingerprint density at radius 2 is 2.50 bits per heavy atom. The summed E-state index contributed by atoms with van der Waals surface area (Å²) >= 11 is 0. The fraction of sp³-hybridized carbons (Fsp3) is 0.667. The number of allylic oxidation sites excluding steroid dienone is 1. The lowest BCUT2D eigenvalue weighted by Crippen LogP contribution is -2.21. The molecule has 0 aromatic heterocycles. The molecular weight excluding hydrogens is 152 g/mol. The maximum Gasteiger partial charge on any atom is 0.220 e. The molecule has 0 saturated carbocycles. The molecule has 1 unspecified atom stereocenters. The number of rotatable bonds is 2. The Hall–Kier alpha value is -0.990. The first-order valence-corrected chi connectivity index (χ1v) is 4.25. The van der Waals surface area contributed by atoms with Crippen LogP contribution in [-0.4, -0.2) is 31.4 Å². The van der Waals surface area contributed by atoms with Crippen LogP contribution in [0.4, 0.5) is 0 Å². The van der Waals surface area contributed by atoms with Crippen LogP contribution < -0.4 is 5.32 Å². The molecule has 0 aromatic rings. The molecule has 1 aliphatic rings. The molecule has 1 amide bonds. The topological polar surface area (TPSA) is 32.3 Å². The third-order valence-corrected chi connectivity index (χ3v) is 2.49. The summed E-state index contributed by atoms with van der Waals surface area (Å²) in [5, 5.41) is 2.63. The SMILES string of the molecule is C=C1C(CC(=O)NC)CCN1C. The predicted octanol–water partition coefficient (Wildman–Crippen LogP) is 0.588. The van der Waals surface area contributed by atoms with Crippen molar-refractivity contribution < 1.29 is 4.79 Å². The van der Waals surface area contributed by atoms with Crippen molar-refractivity contribution in [3.8, 4) is 0 Å². The van der Waals surface area contributed by atoms with Crippen LogP contribution in [0.15, 0.2) is 12.3 Å². The first-order valence-electron chi connectivity index (χ1n) is 4.25. The van der Waals surface area contributed by atoms with Gasteiger partial charge in [0.05, 0.1) is 0 Å². The third kappa shape index (κ3) is 1.78. The summed E-state index contributed by atoms with van der Waals surface area (Å²) in [5.41, 5.74) is 1.10. The van der Waals surface area contributed by atoms with Crippen molar-refractivity contribution in [2.75, 3.05) is 20.6 Å². The zero-order chi connectivity index (χ0) is 9.14. The Morgan fingerprint density at radius 3 is 2.92 bits per heavy atom. The zero-order valence-electron chi connectivity index (χ0n) is 7.76. The molecule has 12 heavy (non-hydrogen) atoms. The quantitative estimate of drug-likeness (QED) is 0.654. The van der Waals surface area contributed by atoms with Gasteiger partial charge in [-0.2, -0.15) is 0 Å². The highest BCUT2D eigenvalue weighted by atomic mass is 16.1. The van der Waals surface area contributed by atoms with E-state index < -0.39 is 0 Å². The first-order chi connectivity index (χ1) is 5.65. The van der Waals surface area contributed by atoms with Gasteiger partial charge in [-0.15, -0.1) is 0 Å². The smallest absolute Gasteiger partial charge is 0.220 e. The highest BCUT2D eigenvalue weighted by molar-refractivity contribution is 5.76. The van der Waals surface area contributed by atoms with E-state index in [9.17, 15) is 4.79 Å². The van der Waals surface area contributed by atoms with Crippen LogP contribution in [0, 0.1) is 5.92 Å².